The Morgan fingerprint density at radius 2 is 2.25 bits per heavy atom. The molecule has 0 unspecified atom stereocenters. The lowest BCUT2D eigenvalue weighted by Crippen LogP contribution is -2.34. The normalized spacial score (nSPS) is 10.5. The molecule has 2 N–H and O–H groups in total. The number of nitrogens with one attached hydrogen (secondary N) is 2. The summed E-state index contributed by atoms with van der Waals surface area (Å²) >= 11 is 0. The lowest BCUT2D eigenvalue weighted by Gasteiger charge is -2.07. The van der Waals surface area contributed by atoms with Crippen LogP contribution in [0.15, 0.2) is 6.20 Å². The number of carbonyl (C=O) groups is 1. The maximum Gasteiger partial charge on any atom is 0.381 e. The smallest absolute Gasteiger partial charge is 0.381 e. The molecule has 0 aliphatic rings. The molecule has 0 radical (unpaired) electrons. The van der Waals surface area contributed by atoms with E-state index in [-0.39, 0.29) is 18.3 Å². The van der Waals surface area contributed by atoms with Crippen LogP contribution in [0.3, 0.4) is 0 Å². The van der Waals surface area contributed by atoms with Crippen molar-refractivity contribution in [3.63, 3.8) is 0 Å². The maximum atomic E-state index is 11.7. The number of ether oxygens (including phenoxy) is 1. The number of carbonyl (C=O) groups excluding carboxylic acids is 1. The molecule has 1 aromatic rings. The van der Waals surface area contributed by atoms with Gasteiger partial charge >= 0.3 is 5.82 Å². The van der Waals surface area contributed by atoms with E-state index < -0.39 is 4.92 Å². The molecule has 20 heavy (non-hydrogen) atoms. The van der Waals surface area contributed by atoms with Gasteiger partial charge in [-0.3, -0.25) is 9.36 Å². The van der Waals surface area contributed by atoms with Gasteiger partial charge in [0.1, 0.15) is 12.7 Å². The molecule has 0 aromatic carbocycles. The maximum absolute atomic E-state index is 11.7. The van der Waals surface area contributed by atoms with Crippen molar-refractivity contribution in [2.24, 2.45) is 0 Å². The van der Waals surface area contributed by atoms with E-state index in [2.05, 4.69) is 15.6 Å². The minimum Gasteiger partial charge on any atom is -0.383 e. The number of rotatable bonds is 9. The fraction of sp³-hybridized carbons (Fsp3) is 0.636. The van der Waals surface area contributed by atoms with Crippen molar-refractivity contribution in [1.82, 2.24) is 20.2 Å². The average Bonchev–Trinajstić information content (AvgIpc) is 2.75. The van der Waals surface area contributed by atoms with Crippen molar-refractivity contribution in [1.29, 1.82) is 0 Å². The van der Waals surface area contributed by atoms with Gasteiger partial charge in [0, 0.05) is 33.7 Å². The van der Waals surface area contributed by atoms with Crippen molar-refractivity contribution >= 4 is 11.7 Å². The van der Waals surface area contributed by atoms with Crippen LogP contribution >= 0.6 is 0 Å². The first kappa shape index (κ1) is 16.1. The largest absolute Gasteiger partial charge is 0.383 e. The van der Waals surface area contributed by atoms with Crippen LogP contribution < -0.4 is 10.6 Å². The van der Waals surface area contributed by atoms with Gasteiger partial charge < -0.3 is 25.5 Å². The van der Waals surface area contributed by atoms with Gasteiger partial charge in [-0.1, -0.05) is 0 Å². The zero-order valence-electron chi connectivity index (χ0n) is 11.6. The van der Waals surface area contributed by atoms with Gasteiger partial charge in [-0.05, 0) is 9.91 Å². The Labute approximate surface area is 116 Å². The standard InChI is InChI=1S/C11H19N5O4/c1-9-14-10(16(18)19)7-15(9)8-11(17)13-4-3-12-5-6-20-2/h7,12H,3-6,8H2,1-2H3,(H,13,17). The molecule has 0 aliphatic heterocycles. The van der Waals surface area contributed by atoms with Crippen LogP contribution in [0, 0.1) is 17.0 Å². The summed E-state index contributed by atoms with van der Waals surface area (Å²) in [5, 5.41) is 16.4. The summed E-state index contributed by atoms with van der Waals surface area (Å²) in [6.07, 6.45) is 1.26. The third-order valence-electron chi connectivity index (χ3n) is 2.57. The van der Waals surface area contributed by atoms with Crippen molar-refractivity contribution in [3.05, 3.63) is 22.1 Å². The molecule has 9 heteroatoms. The molecule has 1 aromatic heterocycles. The molecule has 0 spiro atoms. The Bertz CT molecular complexity index is 460. The average molecular weight is 285 g/mol. The minimum atomic E-state index is -0.582. The molecule has 0 fully saturated rings. The summed E-state index contributed by atoms with van der Waals surface area (Å²) in [6, 6.07) is 0. The number of aryl methyl sites for hydroxylation is 1. The van der Waals surface area contributed by atoms with Gasteiger partial charge in [-0.15, -0.1) is 0 Å². The van der Waals surface area contributed by atoms with Crippen molar-refractivity contribution in [2.45, 2.75) is 13.5 Å². The number of aromatic nitrogens is 2. The molecule has 1 rings (SSSR count). The lowest BCUT2D eigenvalue weighted by molar-refractivity contribution is -0.389. The molecular formula is C11H19N5O4. The van der Waals surface area contributed by atoms with Gasteiger partial charge in [-0.25, -0.2) is 0 Å². The zero-order valence-corrected chi connectivity index (χ0v) is 11.6. The summed E-state index contributed by atoms with van der Waals surface area (Å²) < 4.78 is 6.32. The van der Waals surface area contributed by atoms with Gasteiger partial charge in [0.25, 0.3) is 0 Å². The second kappa shape index (κ2) is 8.23. The highest BCUT2D eigenvalue weighted by molar-refractivity contribution is 5.75. The van der Waals surface area contributed by atoms with Crippen LogP contribution in [0.25, 0.3) is 0 Å². The van der Waals surface area contributed by atoms with Gasteiger partial charge in [0.2, 0.25) is 11.7 Å². The molecule has 0 atom stereocenters. The number of methoxy groups -OCH3 is 1. The van der Waals surface area contributed by atoms with Crippen molar-refractivity contribution in [2.75, 3.05) is 33.4 Å². The third-order valence-corrected chi connectivity index (χ3v) is 2.57. The summed E-state index contributed by atoms with van der Waals surface area (Å²) in [5.74, 6) is -0.0319. The molecular weight excluding hydrogens is 266 g/mol. The topological polar surface area (TPSA) is 111 Å². The van der Waals surface area contributed by atoms with E-state index in [0.717, 1.165) is 6.54 Å². The van der Waals surface area contributed by atoms with Crippen LogP contribution in [0.5, 0.6) is 0 Å². The predicted octanol–water partition coefficient (Wildman–Crippen LogP) is -0.548. The Morgan fingerprint density at radius 3 is 2.85 bits per heavy atom. The Kier molecular flexibility index (Phi) is 6.60. The number of nitro groups is 1. The van der Waals surface area contributed by atoms with Gasteiger partial charge in [-0.2, -0.15) is 0 Å². The minimum absolute atomic E-state index is 0.0186. The Hall–Kier alpha value is -2.00. The van der Waals surface area contributed by atoms with Crippen LogP contribution in [-0.4, -0.2) is 53.7 Å². The number of imidazole rings is 1. The van der Waals surface area contributed by atoms with Crippen LogP contribution in [0.2, 0.25) is 0 Å². The van der Waals surface area contributed by atoms with Crippen LogP contribution in [0.1, 0.15) is 5.82 Å². The summed E-state index contributed by atoms with van der Waals surface area (Å²) in [6.45, 7) is 4.10. The second-order valence-corrected chi connectivity index (χ2v) is 4.12. The first-order chi connectivity index (χ1) is 9.54. The summed E-state index contributed by atoms with van der Waals surface area (Å²) in [7, 11) is 1.62. The molecule has 0 bridgehead atoms. The highest BCUT2D eigenvalue weighted by Crippen LogP contribution is 2.09. The van der Waals surface area contributed by atoms with Gasteiger partial charge in [0.15, 0.2) is 0 Å². The third kappa shape index (κ3) is 5.33. The van der Waals surface area contributed by atoms with E-state index in [9.17, 15) is 14.9 Å². The predicted molar refractivity (Wildman–Crippen MR) is 71.4 cm³/mol. The number of hydrogen-bond acceptors (Lipinski definition) is 6. The van der Waals surface area contributed by atoms with Crippen LogP contribution in [-0.2, 0) is 16.1 Å². The molecule has 0 aliphatic carbocycles. The Morgan fingerprint density at radius 1 is 1.50 bits per heavy atom. The number of amides is 1. The molecule has 0 saturated heterocycles. The van der Waals surface area contributed by atoms with E-state index in [1.807, 2.05) is 0 Å². The molecule has 0 saturated carbocycles. The highest BCUT2D eigenvalue weighted by Gasteiger charge is 2.16. The quantitative estimate of drug-likeness (QED) is 0.358. The summed E-state index contributed by atoms with van der Waals surface area (Å²) in [5.41, 5.74) is 0. The summed E-state index contributed by atoms with van der Waals surface area (Å²) in [4.78, 5) is 25.4. The fourth-order valence-electron chi connectivity index (χ4n) is 1.54. The molecule has 1 amide bonds. The van der Waals surface area contributed by atoms with Crippen LogP contribution in [0.4, 0.5) is 5.82 Å². The van der Waals surface area contributed by atoms with E-state index in [1.54, 1.807) is 14.0 Å². The first-order valence-electron chi connectivity index (χ1n) is 6.19. The second-order valence-electron chi connectivity index (χ2n) is 4.12. The van der Waals surface area contributed by atoms with Crippen molar-refractivity contribution in [3.8, 4) is 0 Å². The molecule has 9 nitrogen and oxygen atoms in total. The Balaban J connectivity index is 2.30. The van der Waals surface area contributed by atoms with E-state index in [4.69, 9.17) is 4.74 Å². The zero-order chi connectivity index (χ0) is 15.0. The molecule has 112 valence electrons. The SMILES string of the molecule is COCCNCCNC(=O)Cn1cc([N+](=O)[O-])nc1C. The first-order valence-corrected chi connectivity index (χ1v) is 6.19. The fourth-order valence-corrected chi connectivity index (χ4v) is 1.54. The monoisotopic (exact) mass is 285 g/mol. The molecule has 1 heterocycles. The number of hydrogen-bond donors (Lipinski definition) is 2. The highest BCUT2D eigenvalue weighted by atomic mass is 16.6. The van der Waals surface area contributed by atoms with Crippen molar-refractivity contribution < 1.29 is 14.5 Å². The van der Waals surface area contributed by atoms with E-state index in [0.29, 0.717) is 25.5 Å². The lowest BCUT2D eigenvalue weighted by atomic mass is 10.5. The van der Waals surface area contributed by atoms with Gasteiger partial charge in [0.05, 0.1) is 6.61 Å². The van der Waals surface area contributed by atoms with E-state index >= 15 is 0 Å². The number of nitrogens with zero attached hydrogens (tertiary/aromatic N) is 3. The van der Waals surface area contributed by atoms with E-state index in [1.165, 1.54) is 10.8 Å².